The molecule has 3 heterocycles. The lowest BCUT2D eigenvalue weighted by molar-refractivity contribution is -0.123. The Hall–Kier alpha value is -3.38. The number of ketones is 1. The van der Waals surface area contributed by atoms with Gasteiger partial charge in [-0.05, 0) is 48.1 Å². The molecule has 160 valence electrons. The van der Waals surface area contributed by atoms with E-state index in [0.29, 0.717) is 37.9 Å². The molecular weight excluding hydrogens is 418 g/mol. The van der Waals surface area contributed by atoms with Crippen molar-refractivity contribution in [2.24, 2.45) is 5.92 Å². The zero-order chi connectivity index (χ0) is 21.9. The van der Waals surface area contributed by atoms with Gasteiger partial charge in [0.1, 0.15) is 5.78 Å². The molecule has 2 aromatic heterocycles. The summed E-state index contributed by atoms with van der Waals surface area (Å²) in [5.41, 5.74) is 4.45. The highest BCUT2D eigenvalue weighted by Gasteiger charge is 2.27. The van der Waals surface area contributed by atoms with Crippen molar-refractivity contribution in [2.45, 2.75) is 19.3 Å². The summed E-state index contributed by atoms with van der Waals surface area (Å²) >= 11 is 1.61. The Morgan fingerprint density at radius 2 is 1.78 bits per heavy atom. The molecule has 0 aliphatic carbocycles. The smallest absolute Gasteiger partial charge is 0.253 e. The first-order valence-corrected chi connectivity index (χ1v) is 11.7. The Bertz CT molecular complexity index is 1250. The molecule has 1 amide bonds. The number of nitrogens with zero attached hydrogens (tertiary/aromatic N) is 3. The molecule has 4 aromatic rings. The van der Waals surface area contributed by atoms with Gasteiger partial charge in [0.2, 0.25) is 0 Å². The quantitative estimate of drug-likeness (QED) is 0.436. The normalized spacial score (nSPS) is 14.6. The molecule has 6 heteroatoms. The second-order valence-corrected chi connectivity index (χ2v) is 9.07. The highest BCUT2D eigenvalue weighted by Crippen LogP contribution is 2.28. The highest BCUT2D eigenvalue weighted by atomic mass is 32.1. The lowest BCUT2D eigenvalue weighted by Crippen LogP contribution is -2.40. The number of thiazole rings is 1. The number of aromatic nitrogens is 2. The van der Waals surface area contributed by atoms with Crippen LogP contribution >= 0.6 is 11.3 Å². The predicted molar refractivity (Wildman–Crippen MR) is 127 cm³/mol. The topological polar surface area (TPSA) is 63.2 Å². The number of likely N-dealkylation sites (tertiary alicyclic amines) is 1. The standard InChI is InChI=1S/C26H23N3O2S/c30-24(18-8-10-29(11-9-18)26(31)19-4-2-1-3-5-19)14-23-13-22-12-20(25-16-27-17-32-25)6-7-21(22)15-28-23/h1-7,12-13,15-18H,8-11,14H2. The van der Waals surface area contributed by atoms with Gasteiger partial charge in [-0.1, -0.05) is 30.3 Å². The van der Waals surface area contributed by atoms with Crippen LogP contribution in [0.25, 0.3) is 21.2 Å². The van der Waals surface area contributed by atoms with E-state index in [1.54, 1.807) is 11.3 Å². The van der Waals surface area contributed by atoms with Crippen LogP contribution in [0.1, 0.15) is 28.9 Å². The number of benzene rings is 2. The Morgan fingerprint density at radius 1 is 0.969 bits per heavy atom. The number of fused-ring (bicyclic) bond motifs is 1. The third-order valence-electron chi connectivity index (χ3n) is 6.11. The molecule has 2 aromatic carbocycles. The largest absolute Gasteiger partial charge is 0.339 e. The van der Waals surface area contributed by atoms with E-state index in [0.717, 1.165) is 26.9 Å². The SMILES string of the molecule is O=C(Cc1cc2cc(-c3cncs3)ccc2cn1)C1CCN(C(=O)c2ccccc2)CC1. The molecular formula is C26H23N3O2S. The maximum absolute atomic E-state index is 13.0. The molecule has 0 spiro atoms. The third-order valence-corrected chi connectivity index (χ3v) is 6.93. The van der Waals surface area contributed by atoms with Gasteiger partial charge in [0.25, 0.3) is 5.91 Å². The summed E-state index contributed by atoms with van der Waals surface area (Å²) in [5.74, 6) is 0.238. The first-order chi connectivity index (χ1) is 15.7. The van der Waals surface area contributed by atoms with E-state index < -0.39 is 0 Å². The Balaban J connectivity index is 1.23. The maximum atomic E-state index is 13.0. The fourth-order valence-corrected chi connectivity index (χ4v) is 4.91. The van der Waals surface area contributed by atoms with Crippen LogP contribution in [0.4, 0.5) is 0 Å². The molecule has 0 bridgehead atoms. The minimum Gasteiger partial charge on any atom is -0.339 e. The van der Waals surface area contributed by atoms with Crippen molar-refractivity contribution < 1.29 is 9.59 Å². The Labute approximate surface area is 190 Å². The molecule has 1 saturated heterocycles. The van der Waals surface area contributed by atoms with Crippen molar-refractivity contribution in [1.82, 2.24) is 14.9 Å². The van der Waals surface area contributed by atoms with Crippen molar-refractivity contribution in [3.05, 3.63) is 83.8 Å². The summed E-state index contributed by atoms with van der Waals surface area (Å²) in [5, 5.41) is 2.14. The van der Waals surface area contributed by atoms with Crippen molar-refractivity contribution in [1.29, 1.82) is 0 Å². The number of pyridine rings is 1. The number of amides is 1. The fraction of sp³-hybridized carbons (Fsp3) is 0.231. The minimum atomic E-state index is -0.0177. The number of piperidine rings is 1. The molecule has 0 unspecified atom stereocenters. The van der Waals surface area contributed by atoms with Crippen LogP contribution in [0.3, 0.4) is 0 Å². The number of Topliss-reactive ketones (excluding diaryl/α,β-unsaturated/α-hetero) is 1. The zero-order valence-electron chi connectivity index (χ0n) is 17.6. The van der Waals surface area contributed by atoms with Crippen LogP contribution < -0.4 is 0 Å². The van der Waals surface area contributed by atoms with E-state index in [9.17, 15) is 9.59 Å². The van der Waals surface area contributed by atoms with E-state index in [2.05, 4.69) is 28.2 Å². The van der Waals surface area contributed by atoms with Gasteiger partial charge in [0, 0.05) is 54.5 Å². The molecule has 0 saturated carbocycles. The van der Waals surface area contributed by atoms with E-state index in [1.807, 2.05) is 59.2 Å². The first kappa shape index (κ1) is 20.5. The number of carbonyl (C=O) groups excluding carboxylic acids is 2. The molecule has 0 atom stereocenters. The lowest BCUT2D eigenvalue weighted by atomic mass is 9.89. The summed E-state index contributed by atoms with van der Waals surface area (Å²) in [4.78, 5) is 37.2. The van der Waals surface area contributed by atoms with Crippen LogP contribution in [0, 0.1) is 5.92 Å². The van der Waals surface area contributed by atoms with Crippen molar-refractivity contribution >= 4 is 33.8 Å². The highest BCUT2D eigenvalue weighted by molar-refractivity contribution is 7.13. The molecule has 5 nitrogen and oxygen atoms in total. The van der Waals surface area contributed by atoms with E-state index >= 15 is 0 Å². The minimum absolute atomic E-state index is 0.0177. The van der Waals surface area contributed by atoms with Crippen molar-refractivity contribution in [3.8, 4) is 10.4 Å². The van der Waals surface area contributed by atoms with Crippen LogP contribution in [0.15, 0.2) is 72.5 Å². The number of carbonyl (C=O) groups is 2. The van der Waals surface area contributed by atoms with Crippen LogP contribution in [-0.2, 0) is 11.2 Å². The molecule has 1 fully saturated rings. The first-order valence-electron chi connectivity index (χ1n) is 10.8. The maximum Gasteiger partial charge on any atom is 0.253 e. The van der Waals surface area contributed by atoms with Crippen LogP contribution in [-0.4, -0.2) is 39.6 Å². The Morgan fingerprint density at radius 3 is 2.53 bits per heavy atom. The molecule has 0 N–H and O–H groups in total. The number of rotatable bonds is 5. The predicted octanol–water partition coefficient (Wildman–Crippen LogP) is 5.02. The lowest BCUT2D eigenvalue weighted by Gasteiger charge is -2.31. The number of hydrogen-bond donors (Lipinski definition) is 0. The van der Waals surface area contributed by atoms with Gasteiger partial charge in [-0.3, -0.25) is 19.6 Å². The van der Waals surface area contributed by atoms with Crippen LogP contribution in [0.2, 0.25) is 0 Å². The summed E-state index contributed by atoms with van der Waals surface area (Å²) in [7, 11) is 0. The van der Waals surface area contributed by atoms with Gasteiger partial charge >= 0.3 is 0 Å². The van der Waals surface area contributed by atoms with E-state index in [4.69, 9.17) is 0 Å². The number of hydrogen-bond acceptors (Lipinski definition) is 5. The Kier molecular flexibility index (Phi) is 5.77. The fourth-order valence-electron chi connectivity index (χ4n) is 4.29. The third kappa shape index (κ3) is 4.32. The van der Waals surface area contributed by atoms with Gasteiger partial charge in [-0.15, -0.1) is 11.3 Å². The van der Waals surface area contributed by atoms with E-state index in [-0.39, 0.29) is 17.6 Å². The van der Waals surface area contributed by atoms with Crippen LogP contribution in [0.5, 0.6) is 0 Å². The summed E-state index contributed by atoms with van der Waals surface area (Å²) in [6, 6.07) is 17.6. The summed E-state index contributed by atoms with van der Waals surface area (Å²) in [6.45, 7) is 1.24. The summed E-state index contributed by atoms with van der Waals surface area (Å²) < 4.78 is 0. The molecule has 0 radical (unpaired) electrons. The van der Waals surface area contributed by atoms with Gasteiger partial charge in [0.15, 0.2) is 0 Å². The molecule has 5 rings (SSSR count). The average molecular weight is 442 g/mol. The molecule has 1 aliphatic heterocycles. The van der Waals surface area contributed by atoms with Gasteiger partial charge in [-0.25, -0.2) is 0 Å². The second kappa shape index (κ2) is 9.01. The van der Waals surface area contributed by atoms with Gasteiger partial charge in [0.05, 0.1) is 10.4 Å². The second-order valence-electron chi connectivity index (χ2n) is 8.18. The summed E-state index contributed by atoms with van der Waals surface area (Å²) in [6.07, 6.45) is 5.46. The van der Waals surface area contributed by atoms with Gasteiger partial charge < -0.3 is 4.90 Å². The zero-order valence-corrected chi connectivity index (χ0v) is 18.4. The molecule has 32 heavy (non-hydrogen) atoms. The van der Waals surface area contributed by atoms with Crippen molar-refractivity contribution in [3.63, 3.8) is 0 Å². The average Bonchev–Trinajstić information content (AvgIpc) is 3.39. The van der Waals surface area contributed by atoms with Crippen molar-refractivity contribution in [2.75, 3.05) is 13.1 Å². The monoisotopic (exact) mass is 441 g/mol. The van der Waals surface area contributed by atoms with Gasteiger partial charge in [-0.2, -0.15) is 0 Å². The molecule has 1 aliphatic rings. The van der Waals surface area contributed by atoms with E-state index in [1.165, 1.54) is 0 Å².